The van der Waals surface area contributed by atoms with Gasteiger partial charge in [-0.05, 0) is 99.6 Å². The molecule has 2 aromatic carbocycles. The molecule has 7 heteroatoms. The van der Waals surface area contributed by atoms with E-state index in [-0.39, 0.29) is 23.9 Å². The predicted molar refractivity (Wildman–Crippen MR) is 163 cm³/mol. The van der Waals surface area contributed by atoms with Gasteiger partial charge in [0.2, 0.25) is 5.91 Å². The van der Waals surface area contributed by atoms with Crippen LogP contribution in [0.15, 0.2) is 72.9 Å². The minimum Gasteiger partial charge on any atom is -0.351 e. The van der Waals surface area contributed by atoms with Gasteiger partial charge < -0.3 is 20.1 Å². The van der Waals surface area contributed by atoms with Crippen LogP contribution in [0.25, 0.3) is 5.69 Å². The van der Waals surface area contributed by atoms with E-state index in [0.717, 1.165) is 39.7 Å². The van der Waals surface area contributed by atoms with Gasteiger partial charge >= 0.3 is 0 Å². The molecule has 2 aromatic heterocycles. The summed E-state index contributed by atoms with van der Waals surface area (Å²) in [7, 11) is 0. The molecule has 2 N–H and O–H groups in total. The van der Waals surface area contributed by atoms with Gasteiger partial charge in [-0.2, -0.15) is 0 Å². The summed E-state index contributed by atoms with van der Waals surface area (Å²) in [6.07, 6.45) is 1.83. The third-order valence-corrected chi connectivity index (χ3v) is 7.76. The fourth-order valence-electron chi connectivity index (χ4n) is 5.34. The summed E-state index contributed by atoms with van der Waals surface area (Å²) in [5, 5.41) is 7.25. The molecule has 200 valence electrons. The highest BCUT2D eigenvalue weighted by atomic mass is 32.1. The van der Waals surface area contributed by atoms with E-state index >= 15 is 0 Å². The maximum atomic E-state index is 12.3. The van der Waals surface area contributed by atoms with E-state index in [1.807, 2.05) is 57.3 Å². The lowest BCUT2D eigenvalue weighted by atomic mass is 9.96. The Balaban J connectivity index is 1.61. The highest BCUT2D eigenvalue weighted by Gasteiger charge is 2.42. The van der Waals surface area contributed by atoms with Crippen LogP contribution >= 0.6 is 12.2 Å². The SMILES string of the molecule is Cc1ccc(-n2c(C)cc([C@H]3[C@H](c4ccccn4)NC(=S)N3c3ccc(NC(=O)C(C)C)c(C)c3)c2C)cc1. The van der Waals surface area contributed by atoms with Gasteiger partial charge in [-0.25, -0.2) is 0 Å². The molecular formula is C32H35N5OS. The quantitative estimate of drug-likeness (QED) is 0.263. The van der Waals surface area contributed by atoms with E-state index in [9.17, 15) is 4.79 Å². The monoisotopic (exact) mass is 537 g/mol. The number of carbonyl (C=O) groups excluding carboxylic acids is 1. The molecule has 0 radical (unpaired) electrons. The fraction of sp³-hybridized carbons (Fsp3) is 0.281. The normalized spacial score (nSPS) is 17.0. The summed E-state index contributed by atoms with van der Waals surface area (Å²) in [6, 6.07) is 22.7. The predicted octanol–water partition coefficient (Wildman–Crippen LogP) is 6.88. The topological polar surface area (TPSA) is 62.2 Å². The Kier molecular flexibility index (Phi) is 7.28. The lowest BCUT2D eigenvalue weighted by Gasteiger charge is -2.29. The molecule has 1 amide bonds. The Labute approximate surface area is 236 Å². The van der Waals surface area contributed by atoms with Crippen molar-refractivity contribution in [3.8, 4) is 5.69 Å². The molecule has 39 heavy (non-hydrogen) atoms. The summed E-state index contributed by atoms with van der Waals surface area (Å²) in [5.41, 5.74) is 9.57. The van der Waals surface area contributed by atoms with Crippen LogP contribution in [0.4, 0.5) is 11.4 Å². The second kappa shape index (κ2) is 10.7. The standard InChI is InChI=1S/C32H35N5OS/c1-19(2)31(38)34-27-15-14-25(17-21(27)4)37-30(29(35-32(37)39)28-9-7-8-16-33-28)26-18-22(5)36(23(26)6)24-12-10-20(3)11-13-24/h7-19,29-30H,1-6H3,(H,34,38)(H,35,39)/t29-,30-/m0/s1. The van der Waals surface area contributed by atoms with E-state index in [0.29, 0.717) is 5.11 Å². The number of hydrogen-bond donors (Lipinski definition) is 2. The Hall–Kier alpha value is -3.97. The van der Waals surface area contributed by atoms with Crippen LogP contribution in [0.3, 0.4) is 0 Å². The Bertz CT molecular complexity index is 1520. The second-order valence-corrected chi connectivity index (χ2v) is 11.0. The van der Waals surface area contributed by atoms with Gasteiger partial charge in [-0.15, -0.1) is 0 Å². The van der Waals surface area contributed by atoms with Crippen LogP contribution in [-0.2, 0) is 4.79 Å². The molecule has 1 aliphatic rings. The number of benzene rings is 2. The van der Waals surface area contributed by atoms with Crippen molar-refractivity contribution in [1.29, 1.82) is 0 Å². The number of pyridine rings is 1. The molecule has 1 saturated heterocycles. The molecule has 0 unspecified atom stereocenters. The van der Waals surface area contributed by atoms with Crippen molar-refractivity contribution in [2.45, 2.75) is 53.6 Å². The van der Waals surface area contributed by atoms with Crippen molar-refractivity contribution in [3.63, 3.8) is 0 Å². The van der Waals surface area contributed by atoms with E-state index in [1.165, 1.54) is 11.1 Å². The number of amides is 1. The number of rotatable bonds is 6. The second-order valence-electron chi connectivity index (χ2n) is 10.6. The van der Waals surface area contributed by atoms with E-state index in [2.05, 4.69) is 77.3 Å². The number of aromatic nitrogens is 2. The van der Waals surface area contributed by atoms with Crippen molar-refractivity contribution >= 4 is 34.6 Å². The maximum Gasteiger partial charge on any atom is 0.226 e. The Morgan fingerprint density at radius 1 is 0.974 bits per heavy atom. The lowest BCUT2D eigenvalue weighted by Crippen LogP contribution is -2.29. The van der Waals surface area contributed by atoms with Crippen LogP contribution < -0.4 is 15.5 Å². The highest BCUT2D eigenvalue weighted by Crippen LogP contribution is 2.44. The van der Waals surface area contributed by atoms with Gasteiger partial charge in [0.15, 0.2) is 5.11 Å². The molecule has 1 fully saturated rings. The van der Waals surface area contributed by atoms with Crippen molar-refractivity contribution in [1.82, 2.24) is 14.9 Å². The van der Waals surface area contributed by atoms with Crippen molar-refractivity contribution in [2.75, 3.05) is 10.2 Å². The number of aryl methyl sites for hydroxylation is 3. The molecule has 0 bridgehead atoms. The summed E-state index contributed by atoms with van der Waals surface area (Å²) in [5.74, 6) is -0.0902. The molecule has 5 rings (SSSR count). The maximum absolute atomic E-state index is 12.3. The van der Waals surface area contributed by atoms with Crippen LogP contribution in [0.2, 0.25) is 0 Å². The summed E-state index contributed by atoms with van der Waals surface area (Å²) < 4.78 is 2.31. The lowest BCUT2D eigenvalue weighted by molar-refractivity contribution is -0.118. The summed E-state index contributed by atoms with van der Waals surface area (Å²) in [6.45, 7) is 12.2. The molecule has 0 aliphatic carbocycles. The van der Waals surface area contributed by atoms with Crippen molar-refractivity contribution < 1.29 is 4.79 Å². The number of thiocarbonyl (C=S) groups is 1. The zero-order chi connectivity index (χ0) is 27.8. The number of nitrogens with zero attached hydrogens (tertiary/aromatic N) is 3. The van der Waals surface area contributed by atoms with Gasteiger partial charge in [-0.3, -0.25) is 9.78 Å². The van der Waals surface area contributed by atoms with Crippen LogP contribution in [0.5, 0.6) is 0 Å². The van der Waals surface area contributed by atoms with Crippen molar-refractivity contribution in [2.24, 2.45) is 5.92 Å². The molecule has 0 spiro atoms. The number of carbonyl (C=O) groups is 1. The Morgan fingerprint density at radius 2 is 1.69 bits per heavy atom. The van der Waals surface area contributed by atoms with Crippen LogP contribution in [0, 0.1) is 33.6 Å². The van der Waals surface area contributed by atoms with Crippen molar-refractivity contribution in [3.05, 3.63) is 107 Å². The summed E-state index contributed by atoms with van der Waals surface area (Å²) >= 11 is 5.96. The minimum absolute atomic E-state index is 0.000785. The molecule has 6 nitrogen and oxygen atoms in total. The molecule has 2 atom stereocenters. The Morgan fingerprint density at radius 3 is 2.33 bits per heavy atom. The third kappa shape index (κ3) is 5.06. The zero-order valence-corrected chi connectivity index (χ0v) is 24.1. The number of anilines is 2. The smallest absolute Gasteiger partial charge is 0.226 e. The largest absolute Gasteiger partial charge is 0.351 e. The van der Waals surface area contributed by atoms with Crippen LogP contribution in [0.1, 0.15) is 59.7 Å². The first kappa shape index (κ1) is 26.6. The summed E-state index contributed by atoms with van der Waals surface area (Å²) in [4.78, 5) is 19.2. The molecular weight excluding hydrogens is 502 g/mol. The van der Waals surface area contributed by atoms with Gasteiger partial charge in [0.1, 0.15) is 0 Å². The molecule has 3 heterocycles. The molecule has 4 aromatic rings. The zero-order valence-electron chi connectivity index (χ0n) is 23.3. The van der Waals surface area contributed by atoms with Gasteiger partial charge in [0, 0.05) is 40.6 Å². The fourth-order valence-corrected chi connectivity index (χ4v) is 5.69. The first-order valence-electron chi connectivity index (χ1n) is 13.3. The third-order valence-electron chi connectivity index (χ3n) is 7.45. The minimum atomic E-state index is -0.133. The average molecular weight is 538 g/mol. The van der Waals surface area contributed by atoms with Crippen LogP contribution in [-0.4, -0.2) is 20.6 Å². The first-order valence-corrected chi connectivity index (χ1v) is 13.7. The van der Waals surface area contributed by atoms with Gasteiger partial charge in [0.05, 0.1) is 17.8 Å². The van der Waals surface area contributed by atoms with E-state index < -0.39 is 0 Å². The molecule has 1 aliphatic heterocycles. The molecule has 0 saturated carbocycles. The van der Waals surface area contributed by atoms with E-state index in [1.54, 1.807) is 0 Å². The number of nitrogens with one attached hydrogen (secondary N) is 2. The highest BCUT2D eigenvalue weighted by molar-refractivity contribution is 7.80. The van der Waals surface area contributed by atoms with Gasteiger partial charge in [-0.1, -0.05) is 37.6 Å². The average Bonchev–Trinajstić information content (AvgIpc) is 3.41. The van der Waals surface area contributed by atoms with Gasteiger partial charge in [0.25, 0.3) is 0 Å². The van der Waals surface area contributed by atoms with E-state index in [4.69, 9.17) is 17.2 Å². The first-order chi connectivity index (χ1) is 18.7. The number of hydrogen-bond acceptors (Lipinski definition) is 3.